The van der Waals surface area contributed by atoms with Crippen molar-refractivity contribution in [3.63, 3.8) is 0 Å². The zero-order chi connectivity index (χ0) is 18.2. The first kappa shape index (κ1) is 18.8. The minimum absolute atomic E-state index is 0.0296. The first-order valence-corrected chi connectivity index (χ1v) is 8.44. The van der Waals surface area contributed by atoms with Gasteiger partial charge in [-0.15, -0.1) is 0 Å². The molecule has 7 heteroatoms. The zero-order valence-electron chi connectivity index (χ0n) is 14.4. The van der Waals surface area contributed by atoms with Crippen LogP contribution in [0.3, 0.4) is 0 Å². The zero-order valence-corrected chi connectivity index (χ0v) is 14.4. The number of carboxylic acid groups (broad SMARTS) is 1. The molecule has 2 rings (SSSR count). The van der Waals surface area contributed by atoms with Crippen LogP contribution in [0.2, 0.25) is 0 Å². The Morgan fingerprint density at radius 3 is 2.08 bits per heavy atom. The summed E-state index contributed by atoms with van der Waals surface area (Å²) in [6, 6.07) is 6.98. The predicted molar refractivity (Wildman–Crippen MR) is 91.6 cm³/mol. The second-order valence-electron chi connectivity index (χ2n) is 6.00. The van der Waals surface area contributed by atoms with Crippen LogP contribution in [-0.4, -0.2) is 66.0 Å². The minimum atomic E-state index is -0.835. The molecule has 1 fully saturated rings. The Hall–Kier alpha value is -2.57. The van der Waals surface area contributed by atoms with Crippen LogP contribution in [0.5, 0.6) is 5.75 Å². The summed E-state index contributed by atoms with van der Waals surface area (Å²) in [6.45, 7) is 2.04. The van der Waals surface area contributed by atoms with Crippen molar-refractivity contribution in [1.29, 1.82) is 0 Å². The van der Waals surface area contributed by atoms with E-state index in [1.54, 1.807) is 41.2 Å². The topological polar surface area (TPSA) is 87.2 Å². The number of piperazine rings is 1. The monoisotopic (exact) mass is 348 g/mol. The van der Waals surface area contributed by atoms with E-state index >= 15 is 0 Å². The van der Waals surface area contributed by atoms with Crippen LogP contribution in [-0.2, 0) is 9.59 Å². The number of nitrogens with zero attached hydrogens (tertiary/aromatic N) is 2. The van der Waals surface area contributed by atoms with Crippen molar-refractivity contribution >= 4 is 17.8 Å². The maximum atomic E-state index is 12.5. The molecule has 0 saturated carbocycles. The van der Waals surface area contributed by atoms with Gasteiger partial charge < -0.3 is 19.6 Å². The van der Waals surface area contributed by atoms with Crippen molar-refractivity contribution in [2.24, 2.45) is 0 Å². The number of ether oxygens (including phenoxy) is 1. The number of rotatable bonds is 7. The van der Waals surface area contributed by atoms with E-state index in [0.717, 1.165) is 0 Å². The van der Waals surface area contributed by atoms with Crippen molar-refractivity contribution in [2.75, 3.05) is 33.3 Å². The molecule has 136 valence electrons. The summed E-state index contributed by atoms with van der Waals surface area (Å²) < 4.78 is 5.09. The molecular weight excluding hydrogens is 324 g/mol. The number of methoxy groups -OCH3 is 1. The fourth-order valence-corrected chi connectivity index (χ4v) is 2.79. The SMILES string of the molecule is COc1ccc(C(=O)N2CCN(C(=O)CCCCC(=O)O)CC2)cc1. The van der Waals surface area contributed by atoms with Gasteiger partial charge in [-0.2, -0.15) is 0 Å². The van der Waals surface area contributed by atoms with E-state index < -0.39 is 5.97 Å². The summed E-state index contributed by atoms with van der Waals surface area (Å²) >= 11 is 0. The average molecular weight is 348 g/mol. The van der Waals surface area contributed by atoms with Crippen LogP contribution in [0, 0.1) is 0 Å². The predicted octanol–water partition coefficient (Wildman–Crippen LogP) is 1.62. The number of carbonyl (C=O) groups is 3. The molecule has 0 bridgehead atoms. The van der Waals surface area contributed by atoms with E-state index in [4.69, 9.17) is 9.84 Å². The number of carboxylic acids is 1. The molecule has 0 aromatic heterocycles. The molecule has 1 aliphatic rings. The second-order valence-corrected chi connectivity index (χ2v) is 6.00. The number of carbonyl (C=O) groups excluding carboxylic acids is 2. The minimum Gasteiger partial charge on any atom is -0.497 e. The number of hydrogen-bond acceptors (Lipinski definition) is 4. The Balaban J connectivity index is 1.77. The van der Waals surface area contributed by atoms with E-state index in [0.29, 0.717) is 56.8 Å². The van der Waals surface area contributed by atoms with E-state index in [2.05, 4.69) is 0 Å². The van der Waals surface area contributed by atoms with Crippen molar-refractivity contribution in [1.82, 2.24) is 9.80 Å². The van der Waals surface area contributed by atoms with Crippen LogP contribution in [0.4, 0.5) is 0 Å². The third kappa shape index (κ3) is 5.48. The summed E-state index contributed by atoms with van der Waals surface area (Å²) in [5.74, 6) is -0.147. The second kappa shape index (κ2) is 9.05. The van der Waals surface area contributed by atoms with Gasteiger partial charge in [0.2, 0.25) is 5.91 Å². The smallest absolute Gasteiger partial charge is 0.303 e. The van der Waals surface area contributed by atoms with E-state index in [1.807, 2.05) is 0 Å². The molecule has 1 saturated heterocycles. The molecule has 0 radical (unpaired) electrons. The Bertz CT molecular complexity index is 606. The highest BCUT2D eigenvalue weighted by Gasteiger charge is 2.24. The maximum Gasteiger partial charge on any atom is 0.303 e. The lowest BCUT2D eigenvalue weighted by Crippen LogP contribution is -2.50. The van der Waals surface area contributed by atoms with Crippen molar-refractivity contribution in [2.45, 2.75) is 25.7 Å². The van der Waals surface area contributed by atoms with E-state index in [9.17, 15) is 14.4 Å². The summed E-state index contributed by atoms with van der Waals surface area (Å²) in [4.78, 5) is 38.6. The third-order valence-corrected chi connectivity index (χ3v) is 4.29. The normalized spacial score (nSPS) is 14.3. The fraction of sp³-hybridized carbons (Fsp3) is 0.500. The first-order valence-electron chi connectivity index (χ1n) is 8.44. The Kier molecular flexibility index (Phi) is 6.80. The Morgan fingerprint density at radius 2 is 1.52 bits per heavy atom. The maximum absolute atomic E-state index is 12.5. The molecule has 0 atom stereocenters. The van der Waals surface area contributed by atoms with Gasteiger partial charge in [0.05, 0.1) is 7.11 Å². The van der Waals surface area contributed by atoms with Crippen molar-refractivity contribution in [3.8, 4) is 5.75 Å². The molecule has 1 heterocycles. The molecule has 1 N–H and O–H groups in total. The highest BCUT2D eigenvalue weighted by atomic mass is 16.5. The highest BCUT2D eigenvalue weighted by Crippen LogP contribution is 2.15. The summed E-state index contributed by atoms with van der Waals surface area (Å²) in [5, 5.41) is 8.59. The molecule has 1 aromatic carbocycles. The molecule has 0 spiro atoms. The summed E-state index contributed by atoms with van der Waals surface area (Å²) in [6.07, 6.45) is 1.55. The van der Waals surface area contributed by atoms with E-state index in [1.165, 1.54) is 0 Å². The molecule has 1 aromatic rings. The first-order chi connectivity index (χ1) is 12.0. The molecule has 7 nitrogen and oxygen atoms in total. The molecule has 25 heavy (non-hydrogen) atoms. The van der Waals surface area contributed by atoms with Crippen LogP contribution in [0.25, 0.3) is 0 Å². The number of hydrogen-bond donors (Lipinski definition) is 1. The van der Waals surface area contributed by atoms with Gasteiger partial charge in [-0.05, 0) is 37.1 Å². The van der Waals surface area contributed by atoms with Crippen molar-refractivity contribution in [3.05, 3.63) is 29.8 Å². The van der Waals surface area contributed by atoms with Gasteiger partial charge in [0.1, 0.15) is 5.75 Å². The largest absolute Gasteiger partial charge is 0.497 e. The van der Waals surface area contributed by atoms with Crippen LogP contribution in [0.1, 0.15) is 36.0 Å². The summed E-state index contributed by atoms with van der Waals surface area (Å²) in [5.41, 5.74) is 0.606. The number of unbranched alkanes of at least 4 members (excludes halogenated alkanes) is 1. The van der Waals surface area contributed by atoms with Crippen LogP contribution >= 0.6 is 0 Å². The number of aliphatic carboxylic acids is 1. The molecule has 0 aliphatic carbocycles. The van der Waals surface area contributed by atoms with Gasteiger partial charge in [0.15, 0.2) is 0 Å². The van der Waals surface area contributed by atoms with Gasteiger partial charge in [0, 0.05) is 44.6 Å². The lowest BCUT2D eigenvalue weighted by molar-refractivity contribution is -0.137. The van der Waals surface area contributed by atoms with Gasteiger partial charge in [-0.3, -0.25) is 14.4 Å². The van der Waals surface area contributed by atoms with Crippen LogP contribution in [0.15, 0.2) is 24.3 Å². The van der Waals surface area contributed by atoms with Gasteiger partial charge in [0.25, 0.3) is 5.91 Å². The molecule has 1 aliphatic heterocycles. The Labute approximate surface area is 147 Å². The van der Waals surface area contributed by atoms with Gasteiger partial charge >= 0.3 is 5.97 Å². The third-order valence-electron chi connectivity index (χ3n) is 4.29. The standard InChI is InChI=1S/C18H24N2O5/c1-25-15-8-6-14(7-9-15)18(24)20-12-10-19(11-13-20)16(21)4-2-3-5-17(22)23/h6-9H,2-5,10-13H2,1H3,(H,22,23). The fourth-order valence-electron chi connectivity index (χ4n) is 2.79. The number of amides is 2. The van der Waals surface area contributed by atoms with E-state index in [-0.39, 0.29) is 18.2 Å². The quantitative estimate of drug-likeness (QED) is 0.757. The number of benzene rings is 1. The van der Waals surface area contributed by atoms with Gasteiger partial charge in [-0.1, -0.05) is 0 Å². The lowest BCUT2D eigenvalue weighted by Gasteiger charge is -2.35. The lowest BCUT2D eigenvalue weighted by atomic mass is 10.1. The average Bonchev–Trinajstić information content (AvgIpc) is 2.64. The Morgan fingerprint density at radius 1 is 0.960 bits per heavy atom. The molecule has 0 unspecified atom stereocenters. The molecule has 2 amide bonds. The molecular formula is C18H24N2O5. The van der Waals surface area contributed by atoms with Crippen molar-refractivity contribution < 1.29 is 24.2 Å². The van der Waals surface area contributed by atoms with Gasteiger partial charge in [-0.25, -0.2) is 0 Å². The highest BCUT2D eigenvalue weighted by molar-refractivity contribution is 5.94. The summed E-state index contributed by atoms with van der Waals surface area (Å²) in [7, 11) is 1.58. The van der Waals surface area contributed by atoms with Crippen LogP contribution < -0.4 is 4.74 Å².